The van der Waals surface area contributed by atoms with E-state index in [0.717, 1.165) is 4.88 Å². The van der Waals surface area contributed by atoms with E-state index in [1.807, 2.05) is 18.2 Å². The molecule has 17 heavy (non-hydrogen) atoms. The fraction of sp³-hybridized carbons (Fsp3) is 0.0667. The fourth-order valence-corrected chi connectivity index (χ4v) is 2.94. The van der Waals surface area contributed by atoms with Crippen molar-refractivity contribution >= 4 is 21.4 Å². The third kappa shape index (κ3) is 1.97. The van der Waals surface area contributed by atoms with Crippen LogP contribution in [0.15, 0.2) is 54.6 Å². The molecule has 0 amide bonds. The summed E-state index contributed by atoms with van der Waals surface area (Å²) in [6.45, 7) is 0.125. The van der Waals surface area contributed by atoms with Crippen LogP contribution < -0.4 is 0 Å². The molecule has 2 aromatic carbocycles. The molecule has 0 radical (unpaired) electrons. The van der Waals surface area contributed by atoms with E-state index in [4.69, 9.17) is 5.11 Å². The van der Waals surface area contributed by atoms with Gasteiger partial charge in [0.2, 0.25) is 0 Å². The van der Waals surface area contributed by atoms with Crippen molar-refractivity contribution in [2.45, 2.75) is 6.61 Å². The second-order valence-electron chi connectivity index (χ2n) is 3.99. The lowest BCUT2D eigenvalue weighted by Crippen LogP contribution is -1.75. The van der Waals surface area contributed by atoms with Crippen molar-refractivity contribution in [1.29, 1.82) is 0 Å². The van der Waals surface area contributed by atoms with E-state index in [1.54, 1.807) is 11.3 Å². The van der Waals surface area contributed by atoms with Crippen LogP contribution in [0.1, 0.15) is 4.88 Å². The van der Waals surface area contributed by atoms with Gasteiger partial charge in [-0.1, -0.05) is 42.5 Å². The van der Waals surface area contributed by atoms with E-state index in [1.165, 1.54) is 21.2 Å². The molecule has 0 bridgehead atoms. The number of aliphatic hydroxyl groups excluding tert-OH is 1. The Morgan fingerprint density at radius 2 is 1.71 bits per heavy atom. The quantitative estimate of drug-likeness (QED) is 0.716. The molecule has 0 unspecified atom stereocenters. The van der Waals surface area contributed by atoms with Crippen LogP contribution in [0.2, 0.25) is 0 Å². The summed E-state index contributed by atoms with van der Waals surface area (Å²) in [5.41, 5.74) is 2.46. The molecular weight excluding hydrogens is 228 g/mol. The number of fused-ring (bicyclic) bond motifs is 1. The molecule has 0 aliphatic rings. The van der Waals surface area contributed by atoms with Crippen molar-refractivity contribution in [3.05, 3.63) is 59.5 Å². The van der Waals surface area contributed by atoms with Crippen LogP contribution in [0, 0.1) is 0 Å². The van der Waals surface area contributed by atoms with Gasteiger partial charge in [-0.3, -0.25) is 0 Å². The van der Waals surface area contributed by atoms with Crippen molar-refractivity contribution in [2.75, 3.05) is 0 Å². The normalized spacial score (nSPS) is 10.9. The highest BCUT2D eigenvalue weighted by atomic mass is 32.1. The van der Waals surface area contributed by atoms with E-state index in [2.05, 4.69) is 36.4 Å². The Morgan fingerprint density at radius 1 is 0.882 bits per heavy atom. The van der Waals surface area contributed by atoms with Crippen molar-refractivity contribution in [2.24, 2.45) is 0 Å². The second kappa shape index (κ2) is 4.32. The van der Waals surface area contributed by atoms with Gasteiger partial charge in [-0.25, -0.2) is 0 Å². The third-order valence-corrected chi connectivity index (χ3v) is 3.92. The summed E-state index contributed by atoms with van der Waals surface area (Å²) >= 11 is 1.66. The zero-order chi connectivity index (χ0) is 11.7. The maximum absolute atomic E-state index is 9.14. The van der Waals surface area contributed by atoms with E-state index in [-0.39, 0.29) is 6.61 Å². The Labute approximate surface area is 104 Å². The lowest BCUT2D eigenvalue weighted by molar-refractivity contribution is 0.285. The lowest BCUT2D eigenvalue weighted by atomic mass is 10.1. The van der Waals surface area contributed by atoms with Crippen LogP contribution in [-0.4, -0.2) is 5.11 Å². The standard InChI is InChI=1S/C15H12OS/c16-10-14-8-13-7-6-12(9-15(13)17-14)11-4-2-1-3-5-11/h1-9,16H,10H2. The van der Waals surface area contributed by atoms with Gasteiger partial charge in [-0.15, -0.1) is 11.3 Å². The molecule has 0 spiro atoms. The monoisotopic (exact) mass is 240 g/mol. The Hall–Kier alpha value is -1.64. The van der Waals surface area contributed by atoms with Gasteiger partial charge in [0, 0.05) is 9.58 Å². The highest BCUT2D eigenvalue weighted by Crippen LogP contribution is 2.30. The van der Waals surface area contributed by atoms with Crippen molar-refractivity contribution < 1.29 is 5.11 Å². The first-order valence-electron chi connectivity index (χ1n) is 5.55. The van der Waals surface area contributed by atoms with Gasteiger partial charge in [0.15, 0.2) is 0 Å². The van der Waals surface area contributed by atoms with Crippen LogP contribution in [0.25, 0.3) is 21.2 Å². The first kappa shape index (κ1) is 10.5. The molecule has 0 atom stereocenters. The molecule has 1 N–H and O–H groups in total. The van der Waals surface area contributed by atoms with Gasteiger partial charge in [0.05, 0.1) is 6.61 Å². The number of benzene rings is 2. The average Bonchev–Trinajstić information content (AvgIpc) is 2.81. The molecule has 1 aromatic heterocycles. The van der Waals surface area contributed by atoms with Crippen molar-refractivity contribution in [1.82, 2.24) is 0 Å². The minimum Gasteiger partial charge on any atom is -0.391 e. The van der Waals surface area contributed by atoms with Gasteiger partial charge in [-0.2, -0.15) is 0 Å². The summed E-state index contributed by atoms with van der Waals surface area (Å²) in [6, 6.07) is 18.8. The highest BCUT2D eigenvalue weighted by Gasteiger charge is 2.03. The Balaban J connectivity index is 2.13. The SMILES string of the molecule is OCc1cc2ccc(-c3ccccc3)cc2s1. The largest absolute Gasteiger partial charge is 0.391 e. The van der Waals surface area contributed by atoms with E-state index in [0.29, 0.717) is 0 Å². The molecule has 1 heterocycles. The number of aliphatic hydroxyl groups is 1. The number of hydrogen-bond acceptors (Lipinski definition) is 2. The van der Waals surface area contributed by atoms with E-state index >= 15 is 0 Å². The van der Waals surface area contributed by atoms with Crippen molar-refractivity contribution in [3.63, 3.8) is 0 Å². The molecule has 3 rings (SSSR count). The first-order valence-corrected chi connectivity index (χ1v) is 6.37. The number of thiophene rings is 1. The zero-order valence-electron chi connectivity index (χ0n) is 9.26. The predicted octanol–water partition coefficient (Wildman–Crippen LogP) is 4.06. The van der Waals surface area contributed by atoms with E-state index < -0.39 is 0 Å². The van der Waals surface area contributed by atoms with Crippen LogP contribution in [0.4, 0.5) is 0 Å². The van der Waals surface area contributed by atoms with Gasteiger partial charge < -0.3 is 5.11 Å². The molecule has 0 saturated heterocycles. The van der Waals surface area contributed by atoms with Crippen molar-refractivity contribution in [3.8, 4) is 11.1 Å². The Morgan fingerprint density at radius 3 is 2.47 bits per heavy atom. The summed E-state index contributed by atoms with van der Waals surface area (Å²) in [4.78, 5) is 1.02. The highest BCUT2D eigenvalue weighted by molar-refractivity contribution is 7.19. The minimum absolute atomic E-state index is 0.125. The molecular formula is C15H12OS. The van der Waals surface area contributed by atoms with Crippen LogP contribution in [0.3, 0.4) is 0 Å². The molecule has 3 aromatic rings. The summed E-state index contributed by atoms with van der Waals surface area (Å²) in [5, 5.41) is 10.3. The molecule has 0 aliphatic heterocycles. The topological polar surface area (TPSA) is 20.2 Å². The minimum atomic E-state index is 0.125. The van der Waals surface area contributed by atoms with Gasteiger partial charge in [0.25, 0.3) is 0 Å². The summed E-state index contributed by atoms with van der Waals surface area (Å²) in [6.07, 6.45) is 0. The number of hydrogen-bond donors (Lipinski definition) is 1. The third-order valence-electron chi connectivity index (χ3n) is 2.83. The maximum Gasteiger partial charge on any atom is 0.0774 e. The van der Waals surface area contributed by atoms with Crippen LogP contribution in [-0.2, 0) is 6.61 Å². The van der Waals surface area contributed by atoms with Crippen LogP contribution >= 0.6 is 11.3 Å². The average molecular weight is 240 g/mol. The van der Waals surface area contributed by atoms with Gasteiger partial charge in [0.1, 0.15) is 0 Å². The summed E-state index contributed by atoms with van der Waals surface area (Å²) in [5.74, 6) is 0. The molecule has 2 heteroatoms. The van der Waals surface area contributed by atoms with E-state index in [9.17, 15) is 0 Å². The Kier molecular flexibility index (Phi) is 2.67. The molecule has 84 valence electrons. The second-order valence-corrected chi connectivity index (χ2v) is 5.16. The van der Waals surface area contributed by atoms with Gasteiger partial charge in [-0.05, 0) is 28.6 Å². The molecule has 0 aliphatic carbocycles. The predicted molar refractivity (Wildman–Crippen MR) is 73.2 cm³/mol. The fourth-order valence-electron chi connectivity index (χ4n) is 1.97. The van der Waals surface area contributed by atoms with Gasteiger partial charge >= 0.3 is 0 Å². The number of rotatable bonds is 2. The van der Waals surface area contributed by atoms with Crippen LogP contribution in [0.5, 0.6) is 0 Å². The first-order chi connectivity index (χ1) is 8.36. The lowest BCUT2D eigenvalue weighted by Gasteiger charge is -2.00. The Bertz CT molecular complexity index is 640. The molecule has 0 fully saturated rings. The summed E-state index contributed by atoms with van der Waals surface area (Å²) in [7, 11) is 0. The zero-order valence-corrected chi connectivity index (χ0v) is 10.1. The molecule has 1 nitrogen and oxygen atoms in total. The molecule has 0 saturated carbocycles. The smallest absolute Gasteiger partial charge is 0.0774 e. The summed E-state index contributed by atoms with van der Waals surface area (Å²) < 4.78 is 1.23. The maximum atomic E-state index is 9.14.